The molecule has 1 spiro atoms. The molecule has 23 heavy (non-hydrogen) atoms. The lowest BCUT2D eigenvalue weighted by atomic mass is 10.0. The van der Waals surface area contributed by atoms with Gasteiger partial charge in [-0.2, -0.15) is 0 Å². The molecule has 1 aromatic rings. The van der Waals surface area contributed by atoms with Gasteiger partial charge in [0.15, 0.2) is 22.4 Å². The molecule has 0 radical (unpaired) electrons. The summed E-state index contributed by atoms with van der Waals surface area (Å²) in [6, 6.07) is 5.65. The lowest BCUT2D eigenvalue weighted by Crippen LogP contribution is -2.48. The highest BCUT2D eigenvalue weighted by Crippen LogP contribution is 2.32. The lowest BCUT2D eigenvalue weighted by molar-refractivity contribution is -0.180. The summed E-state index contributed by atoms with van der Waals surface area (Å²) < 4.78 is 22.0. The number of anilines is 1. The third kappa shape index (κ3) is 3.52. The zero-order chi connectivity index (χ0) is 16.3. The van der Waals surface area contributed by atoms with Crippen LogP contribution in [0.4, 0.5) is 5.69 Å². The Hall–Kier alpha value is -1.57. The fourth-order valence-corrected chi connectivity index (χ4v) is 3.25. The number of hydrogen-bond donors (Lipinski definition) is 1. The van der Waals surface area contributed by atoms with E-state index in [0.717, 1.165) is 31.6 Å². The summed E-state index contributed by atoms with van der Waals surface area (Å²) in [5.41, 5.74) is 0.876. The number of nitrogens with zero attached hydrogens (tertiary/aromatic N) is 1. The Bertz CT molecular complexity index is 565. The van der Waals surface area contributed by atoms with Crippen molar-refractivity contribution in [3.05, 3.63) is 18.2 Å². The van der Waals surface area contributed by atoms with Crippen LogP contribution < -0.4 is 14.8 Å². The number of thiocarbonyl (C=S) groups is 1. The minimum absolute atomic E-state index is 0.380. The van der Waals surface area contributed by atoms with Crippen molar-refractivity contribution in [2.24, 2.45) is 0 Å². The van der Waals surface area contributed by atoms with E-state index in [4.69, 9.17) is 31.2 Å². The number of ether oxygens (including phenoxy) is 4. The maximum absolute atomic E-state index is 5.74. The Balaban J connectivity index is 1.59. The van der Waals surface area contributed by atoms with E-state index in [-0.39, 0.29) is 5.79 Å². The minimum Gasteiger partial charge on any atom is -0.493 e. The number of rotatable bonds is 3. The van der Waals surface area contributed by atoms with Gasteiger partial charge >= 0.3 is 0 Å². The Kier molecular flexibility index (Phi) is 4.89. The van der Waals surface area contributed by atoms with E-state index in [9.17, 15) is 0 Å². The smallest absolute Gasteiger partial charge is 0.173 e. The summed E-state index contributed by atoms with van der Waals surface area (Å²) in [6.45, 7) is 3.01. The number of nitrogens with one attached hydrogen (secondary N) is 1. The highest BCUT2D eigenvalue weighted by molar-refractivity contribution is 7.80. The Labute approximate surface area is 141 Å². The molecule has 0 bridgehead atoms. The van der Waals surface area contributed by atoms with Crippen molar-refractivity contribution in [3.63, 3.8) is 0 Å². The van der Waals surface area contributed by atoms with E-state index in [1.165, 1.54) is 0 Å². The van der Waals surface area contributed by atoms with Crippen molar-refractivity contribution in [3.8, 4) is 11.5 Å². The summed E-state index contributed by atoms with van der Waals surface area (Å²) in [7, 11) is 3.23. The molecule has 1 N–H and O–H groups in total. The average Bonchev–Trinajstić information content (AvgIpc) is 3.03. The standard InChI is InChI=1S/C16H22N2O4S/c1-19-13-4-3-12(11-14(13)20-2)17-15(23)18-7-5-16(6-8-18)21-9-10-22-16/h3-4,11H,5-10H2,1-2H3,(H,17,23). The summed E-state index contributed by atoms with van der Waals surface area (Å²) in [5, 5.41) is 3.96. The maximum Gasteiger partial charge on any atom is 0.173 e. The molecule has 0 aliphatic carbocycles. The summed E-state index contributed by atoms with van der Waals surface area (Å²) >= 11 is 5.52. The van der Waals surface area contributed by atoms with E-state index in [0.29, 0.717) is 29.8 Å². The Morgan fingerprint density at radius 1 is 1.13 bits per heavy atom. The second-order valence-electron chi connectivity index (χ2n) is 5.59. The second kappa shape index (κ2) is 6.90. The van der Waals surface area contributed by atoms with Crippen LogP contribution >= 0.6 is 12.2 Å². The summed E-state index contributed by atoms with van der Waals surface area (Å²) in [6.07, 6.45) is 1.67. The van der Waals surface area contributed by atoms with Crippen LogP contribution in [0.25, 0.3) is 0 Å². The van der Waals surface area contributed by atoms with E-state index in [2.05, 4.69) is 10.2 Å². The topological polar surface area (TPSA) is 52.2 Å². The number of piperidine rings is 1. The molecule has 2 aliphatic heterocycles. The Morgan fingerprint density at radius 2 is 1.78 bits per heavy atom. The molecule has 2 aliphatic rings. The van der Waals surface area contributed by atoms with E-state index in [1.807, 2.05) is 18.2 Å². The van der Waals surface area contributed by atoms with Crippen LogP contribution in [0.15, 0.2) is 18.2 Å². The van der Waals surface area contributed by atoms with Crippen molar-refractivity contribution < 1.29 is 18.9 Å². The van der Waals surface area contributed by atoms with Crippen molar-refractivity contribution in [1.29, 1.82) is 0 Å². The lowest BCUT2D eigenvalue weighted by Gasteiger charge is -2.38. The van der Waals surface area contributed by atoms with Gasteiger partial charge in [0.25, 0.3) is 0 Å². The van der Waals surface area contributed by atoms with Gasteiger partial charge in [-0.25, -0.2) is 0 Å². The van der Waals surface area contributed by atoms with Gasteiger partial charge in [-0.3, -0.25) is 0 Å². The summed E-state index contributed by atoms with van der Waals surface area (Å²) in [5.74, 6) is 0.986. The molecule has 2 saturated heterocycles. The van der Waals surface area contributed by atoms with Crippen molar-refractivity contribution in [2.75, 3.05) is 45.8 Å². The van der Waals surface area contributed by atoms with Crippen LogP contribution in [-0.2, 0) is 9.47 Å². The molecule has 126 valence electrons. The van der Waals surface area contributed by atoms with Crippen LogP contribution in [0, 0.1) is 0 Å². The SMILES string of the molecule is COc1ccc(NC(=S)N2CCC3(CC2)OCCO3)cc1OC. The first-order valence-corrected chi connectivity index (χ1v) is 8.12. The fraction of sp³-hybridized carbons (Fsp3) is 0.562. The van der Waals surface area contributed by atoms with Gasteiger partial charge in [-0.15, -0.1) is 0 Å². The molecule has 3 rings (SSSR count). The van der Waals surface area contributed by atoms with Crippen molar-refractivity contribution in [1.82, 2.24) is 4.90 Å². The third-order valence-electron chi connectivity index (χ3n) is 4.26. The van der Waals surface area contributed by atoms with Gasteiger partial charge in [-0.1, -0.05) is 0 Å². The number of benzene rings is 1. The van der Waals surface area contributed by atoms with Crippen LogP contribution in [0.1, 0.15) is 12.8 Å². The van der Waals surface area contributed by atoms with Crippen molar-refractivity contribution >= 4 is 23.0 Å². The molecule has 0 amide bonds. The third-order valence-corrected chi connectivity index (χ3v) is 4.62. The average molecular weight is 338 g/mol. The fourth-order valence-electron chi connectivity index (χ4n) is 2.95. The highest BCUT2D eigenvalue weighted by atomic mass is 32.1. The quantitative estimate of drug-likeness (QED) is 0.848. The molecule has 0 aromatic heterocycles. The van der Waals surface area contributed by atoms with Gasteiger partial charge in [0.05, 0.1) is 27.4 Å². The van der Waals surface area contributed by atoms with E-state index < -0.39 is 0 Å². The molecule has 7 heteroatoms. The molecule has 6 nitrogen and oxygen atoms in total. The van der Waals surface area contributed by atoms with Crippen LogP contribution in [0.2, 0.25) is 0 Å². The summed E-state index contributed by atoms with van der Waals surface area (Å²) in [4.78, 5) is 2.14. The monoisotopic (exact) mass is 338 g/mol. The van der Waals surface area contributed by atoms with Gasteiger partial charge in [0.2, 0.25) is 0 Å². The molecule has 2 fully saturated rings. The molecule has 0 atom stereocenters. The maximum atomic E-state index is 5.74. The van der Waals surface area contributed by atoms with Crippen LogP contribution in [0.5, 0.6) is 11.5 Å². The minimum atomic E-state index is -0.380. The van der Waals surface area contributed by atoms with Gasteiger partial charge in [0, 0.05) is 37.7 Å². The second-order valence-corrected chi connectivity index (χ2v) is 5.98. The zero-order valence-electron chi connectivity index (χ0n) is 13.5. The van der Waals surface area contributed by atoms with Gasteiger partial charge in [0.1, 0.15) is 0 Å². The Morgan fingerprint density at radius 3 is 2.39 bits per heavy atom. The molecular weight excluding hydrogens is 316 g/mol. The predicted octanol–water partition coefficient (Wildman–Crippen LogP) is 2.24. The van der Waals surface area contributed by atoms with Crippen molar-refractivity contribution in [2.45, 2.75) is 18.6 Å². The van der Waals surface area contributed by atoms with Gasteiger partial charge in [-0.05, 0) is 24.4 Å². The van der Waals surface area contributed by atoms with E-state index >= 15 is 0 Å². The normalized spacial score (nSPS) is 19.7. The molecule has 0 saturated carbocycles. The molecule has 2 heterocycles. The zero-order valence-corrected chi connectivity index (χ0v) is 14.3. The molecule has 0 unspecified atom stereocenters. The number of methoxy groups -OCH3 is 2. The van der Waals surface area contributed by atoms with Gasteiger partial charge < -0.3 is 29.2 Å². The highest BCUT2D eigenvalue weighted by Gasteiger charge is 2.40. The predicted molar refractivity (Wildman–Crippen MR) is 91.2 cm³/mol. The first-order chi connectivity index (χ1) is 11.2. The first-order valence-electron chi connectivity index (χ1n) is 7.72. The van der Waals surface area contributed by atoms with E-state index in [1.54, 1.807) is 14.2 Å². The van der Waals surface area contributed by atoms with Crippen LogP contribution in [0.3, 0.4) is 0 Å². The largest absolute Gasteiger partial charge is 0.493 e. The molecule has 1 aromatic carbocycles. The number of hydrogen-bond acceptors (Lipinski definition) is 5. The molecular formula is C16H22N2O4S. The first kappa shape index (κ1) is 16.3. The van der Waals surface area contributed by atoms with Crippen LogP contribution in [-0.4, -0.2) is 56.3 Å². The number of likely N-dealkylation sites (tertiary alicyclic amines) is 1.